The van der Waals surface area contributed by atoms with Crippen molar-refractivity contribution in [3.63, 3.8) is 0 Å². The number of halogens is 2. The van der Waals surface area contributed by atoms with E-state index in [1.165, 1.54) is 0 Å². The van der Waals surface area contributed by atoms with Crippen molar-refractivity contribution in [2.45, 2.75) is 20.0 Å². The number of carbonyl (C=O) groups excluding carboxylic acids is 1. The number of rotatable bonds is 4. The fourth-order valence-electron chi connectivity index (χ4n) is 1.69. The number of ether oxygens (including phenoxy) is 1. The van der Waals surface area contributed by atoms with Gasteiger partial charge in [-0.1, -0.05) is 17.7 Å². The summed E-state index contributed by atoms with van der Waals surface area (Å²) >= 11 is 9.16. The van der Waals surface area contributed by atoms with Gasteiger partial charge < -0.3 is 10.1 Å². The zero-order valence-electron chi connectivity index (χ0n) is 11.6. The molecule has 1 amide bonds. The molecule has 4 nitrogen and oxygen atoms in total. The van der Waals surface area contributed by atoms with Gasteiger partial charge in [0.25, 0.3) is 5.91 Å². The van der Waals surface area contributed by atoms with Crippen LogP contribution < -0.4 is 10.1 Å². The van der Waals surface area contributed by atoms with Crippen LogP contribution in [0.15, 0.2) is 41.0 Å². The Bertz CT molecular complexity index is 664. The maximum absolute atomic E-state index is 12.1. The molecule has 21 heavy (non-hydrogen) atoms. The first-order chi connectivity index (χ1) is 9.95. The number of pyridine rings is 1. The van der Waals surface area contributed by atoms with E-state index in [0.29, 0.717) is 16.5 Å². The SMILES string of the molecule is Cc1nc(Br)ccc1NC(=O)C(C)Oc1cccc(Cl)c1. The van der Waals surface area contributed by atoms with Crippen LogP contribution in [-0.2, 0) is 4.79 Å². The molecule has 1 aromatic carbocycles. The van der Waals surface area contributed by atoms with Crippen LogP contribution in [0.4, 0.5) is 5.69 Å². The van der Waals surface area contributed by atoms with E-state index in [2.05, 4.69) is 26.2 Å². The highest BCUT2D eigenvalue weighted by Crippen LogP contribution is 2.20. The maximum Gasteiger partial charge on any atom is 0.265 e. The molecule has 0 aliphatic heterocycles. The average Bonchev–Trinajstić information content (AvgIpc) is 2.41. The first-order valence-electron chi connectivity index (χ1n) is 6.32. The van der Waals surface area contributed by atoms with Gasteiger partial charge in [-0.25, -0.2) is 4.98 Å². The molecule has 0 saturated carbocycles. The zero-order chi connectivity index (χ0) is 15.4. The summed E-state index contributed by atoms with van der Waals surface area (Å²) in [6.45, 7) is 3.50. The first kappa shape index (κ1) is 15.8. The molecule has 0 spiro atoms. The largest absolute Gasteiger partial charge is 0.481 e. The van der Waals surface area contributed by atoms with Gasteiger partial charge in [0.1, 0.15) is 10.4 Å². The van der Waals surface area contributed by atoms with Crippen molar-refractivity contribution in [2.75, 3.05) is 5.32 Å². The normalized spacial score (nSPS) is 11.8. The van der Waals surface area contributed by atoms with Gasteiger partial charge >= 0.3 is 0 Å². The molecule has 0 radical (unpaired) electrons. The highest BCUT2D eigenvalue weighted by Gasteiger charge is 2.16. The van der Waals surface area contributed by atoms with Gasteiger partial charge in [-0.15, -0.1) is 0 Å². The lowest BCUT2D eigenvalue weighted by Crippen LogP contribution is -2.30. The topological polar surface area (TPSA) is 51.2 Å². The van der Waals surface area contributed by atoms with E-state index in [-0.39, 0.29) is 5.91 Å². The Hall–Kier alpha value is -1.59. The van der Waals surface area contributed by atoms with Gasteiger partial charge in [0.15, 0.2) is 6.10 Å². The number of aryl methyl sites for hydroxylation is 1. The van der Waals surface area contributed by atoms with Crippen molar-refractivity contribution in [1.82, 2.24) is 4.98 Å². The van der Waals surface area contributed by atoms with Gasteiger partial charge in [-0.05, 0) is 60.1 Å². The Kier molecular flexibility index (Phi) is 5.20. The van der Waals surface area contributed by atoms with Gasteiger partial charge in [-0.2, -0.15) is 0 Å². The van der Waals surface area contributed by atoms with E-state index in [9.17, 15) is 4.79 Å². The fourth-order valence-corrected chi connectivity index (χ4v) is 2.27. The van der Waals surface area contributed by atoms with Crippen LogP contribution in [0.2, 0.25) is 5.02 Å². The fraction of sp³-hybridized carbons (Fsp3) is 0.200. The Balaban J connectivity index is 2.02. The molecule has 0 aliphatic carbocycles. The molecule has 0 fully saturated rings. The van der Waals surface area contributed by atoms with Crippen LogP contribution in [0.5, 0.6) is 5.75 Å². The number of aromatic nitrogens is 1. The van der Waals surface area contributed by atoms with Crippen LogP contribution in [0.25, 0.3) is 0 Å². The van der Waals surface area contributed by atoms with Crippen LogP contribution >= 0.6 is 27.5 Å². The highest BCUT2D eigenvalue weighted by atomic mass is 79.9. The Labute approximate surface area is 136 Å². The number of nitrogens with one attached hydrogen (secondary N) is 1. The summed E-state index contributed by atoms with van der Waals surface area (Å²) in [6, 6.07) is 10.5. The lowest BCUT2D eigenvalue weighted by molar-refractivity contribution is -0.122. The van der Waals surface area contributed by atoms with Crippen LogP contribution in [-0.4, -0.2) is 17.0 Å². The van der Waals surface area contributed by atoms with Crippen molar-refractivity contribution < 1.29 is 9.53 Å². The molecule has 2 rings (SSSR count). The van der Waals surface area contributed by atoms with Gasteiger partial charge in [0.2, 0.25) is 0 Å². The Morgan fingerprint density at radius 1 is 1.38 bits per heavy atom. The first-order valence-corrected chi connectivity index (χ1v) is 7.49. The number of amides is 1. The standard InChI is InChI=1S/C15H14BrClN2O2/c1-9-13(6-7-14(16)18-9)19-15(20)10(2)21-12-5-3-4-11(17)8-12/h3-8,10H,1-2H3,(H,19,20). The summed E-state index contributed by atoms with van der Waals surface area (Å²) in [6.07, 6.45) is -0.647. The number of nitrogens with zero attached hydrogens (tertiary/aromatic N) is 1. The Morgan fingerprint density at radius 3 is 2.81 bits per heavy atom. The van der Waals surface area contributed by atoms with Gasteiger partial charge in [-0.3, -0.25) is 4.79 Å². The molecular formula is C15H14BrClN2O2. The molecule has 110 valence electrons. The zero-order valence-corrected chi connectivity index (χ0v) is 13.9. The van der Waals surface area contributed by atoms with Crippen LogP contribution in [0.1, 0.15) is 12.6 Å². The molecule has 1 N–H and O–H groups in total. The summed E-state index contributed by atoms with van der Waals surface area (Å²) in [5.74, 6) is 0.304. The molecule has 1 unspecified atom stereocenters. The van der Waals surface area contributed by atoms with Crippen molar-refractivity contribution in [2.24, 2.45) is 0 Å². The molecule has 0 bridgehead atoms. The molecule has 0 aliphatic rings. The summed E-state index contributed by atoms with van der Waals surface area (Å²) in [7, 11) is 0. The summed E-state index contributed by atoms with van der Waals surface area (Å²) in [4.78, 5) is 16.4. The molecular weight excluding hydrogens is 356 g/mol. The summed E-state index contributed by atoms with van der Waals surface area (Å²) < 4.78 is 6.29. The second-order valence-electron chi connectivity index (χ2n) is 4.47. The van der Waals surface area contributed by atoms with E-state index >= 15 is 0 Å². The van der Waals surface area contributed by atoms with Gasteiger partial charge in [0.05, 0.1) is 11.4 Å². The monoisotopic (exact) mass is 368 g/mol. The molecule has 1 aromatic heterocycles. The smallest absolute Gasteiger partial charge is 0.265 e. The summed E-state index contributed by atoms with van der Waals surface area (Å²) in [5, 5.41) is 3.35. The molecule has 6 heteroatoms. The van der Waals surface area contributed by atoms with E-state index in [1.54, 1.807) is 43.3 Å². The van der Waals surface area contributed by atoms with Crippen molar-refractivity contribution in [3.05, 3.63) is 51.7 Å². The van der Waals surface area contributed by atoms with Crippen LogP contribution in [0.3, 0.4) is 0 Å². The minimum absolute atomic E-state index is 0.248. The van der Waals surface area contributed by atoms with Gasteiger partial charge in [0, 0.05) is 5.02 Å². The van der Waals surface area contributed by atoms with Crippen molar-refractivity contribution in [1.29, 1.82) is 0 Å². The third kappa shape index (κ3) is 4.44. The van der Waals surface area contributed by atoms with Crippen molar-refractivity contribution >= 4 is 39.1 Å². The predicted molar refractivity (Wildman–Crippen MR) is 86.8 cm³/mol. The second kappa shape index (κ2) is 6.91. The lowest BCUT2D eigenvalue weighted by atomic mass is 10.3. The molecule has 2 aromatic rings. The third-order valence-corrected chi connectivity index (χ3v) is 3.46. The molecule has 1 atom stereocenters. The van der Waals surface area contributed by atoms with E-state index in [1.807, 2.05) is 6.92 Å². The van der Waals surface area contributed by atoms with Crippen molar-refractivity contribution in [3.8, 4) is 5.75 Å². The minimum atomic E-state index is -0.647. The quantitative estimate of drug-likeness (QED) is 0.821. The van der Waals surface area contributed by atoms with E-state index < -0.39 is 6.10 Å². The number of hydrogen-bond donors (Lipinski definition) is 1. The second-order valence-corrected chi connectivity index (χ2v) is 5.72. The highest BCUT2D eigenvalue weighted by molar-refractivity contribution is 9.10. The number of anilines is 1. The maximum atomic E-state index is 12.1. The Morgan fingerprint density at radius 2 is 2.14 bits per heavy atom. The minimum Gasteiger partial charge on any atom is -0.481 e. The van der Waals surface area contributed by atoms with Crippen LogP contribution in [0, 0.1) is 6.92 Å². The number of hydrogen-bond acceptors (Lipinski definition) is 3. The number of carbonyl (C=O) groups is 1. The summed E-state index contributed by atoms with van der Waals surface area (Å²) in [5.41, 5.74) is 1.39. The predicted octanol–water partition coefficient (Wildman–Crippen LogP) is 4.21. The number of benzene rings is 1. The molecule has 1 heterocycles. The van der Waals surface area contributed by atoms with E-state index in [0.717, 1.165) is 10.3 Å². The lowest BCUT2D eigenvalue weighted by Gasteiger charge is -2.15. The third-order valence-electron chi connectivity index (χ3n) is 2.79. The molecule has 0 saturated heterocycles. The average molecular weight is 370 g/mol. The van der Waals surface area contributed by atoms with E-state index in [4.69, 9.17) is 16.3 Å².